The molecule has 2 rings (SSSR count). The van der Waals surface area contributed by atoms with Gasteiger partial charge < -0.3 is 20.3 Å². The number of aliphatic hydroxyl groups excluding tert-OH is 1. The normalized spacial score (nSPS) is 19.6. The van der Waals surface area contributed by atoms with Crippen molar-refractivity contribution < 1.29 is 14.6 Å². The molecule has 0 saturated heterocycles. The average molecular weight is 237 g/mol. The van der Waals surface area contributed by atoms with E-state index in [1.54, 1.807) is 0 Å². The fourth-order valence-electron chi connectivity index (χ4n) is 2.12. The van der Waals surface area contributed by atoms with Crippen molar-refractivity contribution in [3.8, 4) is 11.5 Å². The lowest BCUT2D eigenvalue weighted by Gasteiger charge is -2.15. The Labute approximate surface area is 101 Å². The van der Waals surface area contributed by atoms with Crippen molar-refractivity contribution in [3.63, 3.8) is 0 Å². The largest absolute Gasteiger partial charge is 0.493 e. The highest BCUT2D eigenvalue weighted by molar-refractivity contribution is 5.49. The smallest absolute Gasteiger partial charge is 0.125 e. The minimum Gasteiger partial charge on any atom is -0.493 e. The number of aliphatic hydroxyl groups is 1. The Hall–Kier alpha value is -1.26. The highest BCUT2D eigenvalue weighted by atomic mass is 16.5. The Morgan fingerprint density at radius 2 is 2.35 bits per heavy atom. The van der Waals surface area contributed by atoms with Gasteiger partial charge in [-0.15, -0.1) is 0 Å². The summed E-state index contributed by atoms with van der Waals surface area (Å²) in [5.74, 6) is 1.55. The molecule has 0 aromatic heterocycles. The summed E-state index contributed by atoms with van der Waals surface area (Å²) >= 11 is 0. The van der Waals surface area contributed by atoms with Gasteiger partial charge in [-0.2, -0.15) is 0 Å². The fraction of sp³-hybridized carbons (Fsp3) is 0.538. The summed E-state index contributed by atoms with van der Waals surface area (Å²) in [6.07, 6.45) is 0.361. The van der Waals surface area contributed by atoms with Crippen LogP contribution in [0.15, 0.2) is 12.1 Å². The fourth-order valence-corrected chi connectivity index (χ4v) is 2.12. The van der Waals surface area contributed by atoms with E-state index in [1.807, 2.05) is 26.0 Å². The number of hydrogen-bond acceptors (Lipinski definition) is 4. The van der Waals surface area contributed by atoms with Crippen molar-refractivity contribution in [2.75, 3.05) is 13.2 Å². The topological polar surface area (TPSA) is 64.7 Å². The Bertz CT molecular complexity index is 406. The van der Waals surface area contributed by atoms with Crippen molar-refractivity contribution in [2.24, 2.45) is 5.73 Å². The van der Waals surface area contributed by atoms with Crippen LogP contribution in [-0.2, 0) is 6.42 Å². The summed E-state index contributed by atoms with van der Waals surface area (Å²) in [4.78, 5) is 0. The van der Waals surface area contributed by atoms with Crippen LogP contribution in [0, 0.1) is 0 Å². The van der Waals surface area contributed by atoms with E-state index in [9.17, 15) is 5.11 Å². The summed E-state index contributed by atoms with van der Waals surface area (Å²) in [5.41, 5.74) is 7.34. The van der Waals surface area contributed by atoms with Gasteiger partial charge in [0.1, 0.15) is 17.6 Å². The summed E-state index contributed by atoms with van der Waals surface area (Å²) < 4.78 is 11.2. The summed E-state index contributed by atoms with van der Waals surface area (Å²) in [6, 6.07) is 3.80. The Kier molecular flexibility index (Phi) is 3.54. The Balaban J connectivity index is 2.39. The standard InChI is InChI=1S/C13H19NO3/c1-3-16-13-5-9-4-8(2)17-12(9)6-10(13)11(15)7-14/h5-6,8,11,15H,3-4,7,14H2,1-2H3. The van der Waals surface area contributed by atoms with E-state index in [0.717, 1.165) is 17.7 Å². The van der Waals surface area contributed by atoms with Crippen molar-refractivity contribution >= 4 is 0 Å². The molecule has 0 saturated carbocycles. The van der Waals surface area contributed by atoms with Crippen molar-refractivity contribution in [1.29, 1.82) is 0 Å². The number of hydrogen-bond donors (Lipinski definition) is 2. The van der Waals surface area contributed by atoms with Crippen molar-refractivity contribution in [3.05, 3.63) is 23.3 Å². The molecule has 94 valence electrons. The van der Waals surface area contributed by atoms with Gasteiger partial charge in [0.25, 0.3) is 0 Å². The molecule has 3 N–H and O–H groups in total. The van der Waals surface area contributed by atoms with Crippen LogP contribution in [0.3, 0.4) is 0 Å². The van der Waals surface area contributed by atoms with Gasteiger partial charge in [-0.05, 0) is 26.0 Å². The van der Waals surface area contributed by atoms with Crippen molar-refractivity contribution in [1.82, 2.24) is 0 Å². The molecule has 0 spiro atoms. The van der Waals surface area contributed by atoms with E-state index >= 15 is 0 Å². The first kappa shape index (κ1) is 12.2. The second-order valence-electron chi connectivity index (χ2n) is 4.31. The lowest BCUT2D eigenvalue weighted by molar-refractivity contribution is 0.179. The molecule has 1 aromatic rings. The second-order valence-corrected chi connectivity index (χ2v) is 4.31. The molecule has 2 unspecified atom stereocenters. The van der Waals surface area contributed by atoms with Gasteiger partial charge in [0.05, 0.1) is 12.7 Å². The molecule has 0 bridgehead atoms. The van der Waals surface area contributed by atoms with Gasteiger partial charge in [0.2, 0.25) is 0 Å². The number of rotatable bonds is 4. The maximum absolute atomic E-state index is 9.87. The molecule has 1 aliphatic heterocycles. The molecular weight excluding hydrogens is 218 g/mol. The van der Waals surface area contributed by atoms with Crippen LogP contribution in [0.2, 0.25) is 0 Å². The first-order valence-corrected chi connectivity index (χ1v) is 6.00. The molecule has 2 atom stereocenters. The van der Waals surface area contributed by atoms with E-state index in [0.29, 0.717) is 17.9 Å². The molecule has 0 aliphatic carbocycles. The van der Waals surface area contributed by atoms with Crippen molar-refractivity contribution in [2.45, 2.75) is 32.5 Å². The van der Waals surface area contributed by atoms with Gasteiger partial charge in [0, 0.05) is 24.1 Å². The molecule has 0 amide bonds. The summed E-state index contributed by atoms with van der Waals surface area (Å²) in [5, 5.41) is 9.87. The number of ether oxygens (including phenoxy) is 2. The monoisotopic (exact) mass is 237 g/mol. The lowest BCUT2D eigenvalue weighted by Crippen LogP contribution is -2.13. The van der Waals surface area contributed by atoms with E-state index in [1.165, 1.54) is 0 Å². The van der Waals surface area contributed by atoms with Gasteiger partial charge in [-0.3, -0.25) is 0 Å². The number of nitrogens with two attached hydrogens (primary N) is 1. The predicted octanol–water partition coefficient (Wildman–Crippen LogP) is 1.40. The first-order valence-electron chi connectivity index (χ1n) is 6.00. The molecule has 1 aromatic carbocycles. The molecule has 4 nitrogen and oxygen atoms in total. The van der Waals surface area contributed by atoms with E-state index in [2.05, 4.69) is 0 Å². The van der Waals surface area contributed by atoms with Gasteiger partial charge in [-0.25, -0.2) is 0 Å². The zero-order valence-corrected chi connectivity index (χ0v) is 10.3. The third-order valence-corrected chi connectivity index (χ3v) is 2.91. The zero-order valence-electron chi connectivity index (χ0n) is 10.3. The first-order chi connectivity index (χ1) is 8.15. The average Bonchev–Trinajstić information content (AvgIpc) is 2.66. The minimum absolute atomic E-state index is 0.175. The van der Waals surface area contributed by atoms with Crippen LogP contribution in [0.4, 0.5) is 0 Å². The van der Waals surface area contributed by atoms with Gasteiger partial charge in [0.15, 0.2) is 0 Å². The molecule has 4 heteroatoms. The minimum atomic E-state index is -0.707. The van der Waals surface area contributed by atoms with Gasteiger partial charge in [-0.1, -0.05) is 0 Å². The van der Waals surface area contributed by atoms with Crippen LogP contribution in [-0.4, -0.2) is 24.4 Å². The van der Waals surface area contributed by atoms with Crippen LogP contribution < -0.4 is 15.2 Å². The van der Waals surface area contributed by atoms with Gasteiger partial charge >= 0.3 is 0 Å². The molecule has 1 heterocycles. The van der Waals surface area contributed by atoms with Crippen LogP contribution in [0.25, 0.3) is 0 Å². The SMILES string of the molecule is CCOc1cc2c(cc1C(O)CN)OC(C)C2. The maximum Gasteiger partial charge on any atom is 0.125 e. The molecular formula is C13H19NO3. The molecule has 0 radical (unpaired) electrons. The third-order valence-electron chi connectivity index (χ3n) is 2.91. The Morgan fingerprint density at radius 1 is 1.59 bits per heavy atom. The van der Waals surface area contributed by atoms with E-state index < -0.39 is 6.10 Å². The third kappa shape index (κ3) is 2.37. The van der Waals surface area contributed by atoms with E-state index in [-0.39, 0.29) is 12.6 Å². The van der Waals surface area contributed by atoms with Crippen LogP contribution >= 0.6 is 0 Å². The summed E-state index contributed by atoms with van der Waals surface area (Å²) in [7, 11) is 0. The number of benzene rings is 1. The highest BCUT2D eigenvalue weighted by Crippen LogP contribution is 2.37. The molecule has 1 aliphatic rings. The van der Waals surface area contributed by atoms with Crippen LogP contribution in [0.5, 0.6) is 11.5 Å². The quantitative estimate of drug-likeness (QED) is 0.830. The predicted molar refractivity (Wildman–Crippen MR) is 65.4 cm³/mol. The van der Waals surface area contributed by atoms with E-state index in [4.69, 9.17) is 15.2 Å². The maximum atomic E-state index is 9.87. The zero-order chi connectivity index (χ0) is 12.4. The number of fused-ring (bicyclic) bond motifs is 1. The molecule has 0 fully saturated rings. The second kappa shape index (κ2) is 4.94. The molecule has 17 heavy (non-hydrogen) atoms. The lowest BCUT2D eigenvalue weighted by atomic mass is 10.0. The summed E-state index contributed by atoms with van der Waals surface area (Å²) in [6.45, 7) is 4.69. The van der Waals surface area contributed by atoms with Crippen LogP contribution in [0.1, 0.15) is 31.1 Å². The highest BCUT2D eigenvalue weighted by Gasteiger charge is 2.23. The Morgan fingerprint density at radius 3 is 3.00 bits per heavy atom.